The summed E-state index contributed by atoms with van der Waals surface area (Å²) in [5, 5.41) is 3.91. The van der Waals surface area contributed by atoms with Gasteiger partial charge in [-0.2, -0.15) is 4.31 Å². The number of carbonyl (C=O) groups excluding carboxylic acids is 1. The van der Waals surface area contributed by atoms with E-state index in [0.29, 0.717) is 24.6 Å². The normalized spacial score (nSPS) is 16.2. The number of pyridine rings is 1. The summed E-state index contributed by atoms with van der Waals surface area (Å²) < 4.78 is 27.7. The number of aromatic amines is 1. The van der Waals surface area contributed by atoms with Crippen LogP contribution in [0.4, 0.5) is 0 Å². The molecule has 30 heavy (non-hydrogen) atoms. The van der Waals surface area contributed by atoms with Gasteiger partial charge in [0.2, 0.25) is 10.0 Å². The second-order valence-electron chi connectivity index (χ2n) is 7.97. The summed E-state index contributed by atoms with van der Waals surface area (Å²) in [6, 6.07) is 10.2. The van der Waals surface area contributed by atoms with Crippen LogP contribution in [0.2, 0.25) is 0 Å². The lowest BCUT2D eigenvalue weighted by Gasteiger charge is -2.31. The van der Waals surface area contributed by atoms with Gasteiger partial charge in [0.05, 0.1) is 4.90 Å². The van der Waals surface area contributed by atoms with Gasteiger partial charge in [0.15, 0.2) is 0 Å². The average Bonchev–Trinajstić information content (AvgIpc) is 3.17. The minimum Gasteiger partial charge on any atom is -0.350 e. The van der Waals surface area contributed by atoms with Crippen molar-refractivity contribution >= 4 is 27.0 Å². The van der Waals surface area contributed by atoms with E-state index in [1.807, 2.05) is 32.2 Å². The van der Waals surface area contributed by atoms with Crippen LogP contribution in [0.25, 0.3) is 11.0 Å². The van der Waals surface area contributed by atoms with Crippen molar-refractivity contribution < 1.29 is 13.2 Å². The second kappa shape index (κ2) is 8.20. The highest BCUT2D eigenvalue weighted by Crippen LogP contribution is 2.34. The molecule has 0 spiro atoms. The van der Waals surface area contributed by atoms with E-state index in [2.05, 4.69) is 15.3 Å². The number of H-pyrrole nitrogens is 1. The molecule has 1 aliphatic heterocycles. The lowest BCUT2D eigenvalue weighted by atomic mass is 9.90. The van der Waals surface area contributed by atoms with Crippen molar-refractivity contribution in [3.8, 4) is 0 Å². The number of piperidine rings is 1. The van der Waals surface area contributed by atoms with Crippen LogP contribution >= 0.6 is 0 Å². The minimum absolute atomic E-state index is 0.0233. The first-order valence-corrected chi connectivity index (χ1v) is 11.6. The van der Waals surface area contributed by atoms with Crippen LogP contribution < -0.4 is 5.32 Å². The Morgan fingerprint density at radius 3 is 2.53 bits per heavy atom. The van der Waals surface area contributed by atoms with Gasteiger partial charge < -0.3 is 10.3 Å². The van der Waals surface area contributed by atoms with Gasteiger partial charge in [-0.25, -0.2) is 13.4 Å². The van der Waals surface area contributed by atoms with Crippen molar-refractivity contribution in [2.24, 2.45) is 0 Å². The molecule has 0 radical (unpaired) electrons. The molecule has 3 aromatic rings. The van der Waals surface area contributed by atoms with E-state index in [1.54, 1.807) is 22.6 Å². The predicted octanol–water partition coefficient (Wildman–Crippen LogP) is 3.27. The molecule has 4 rings (SSSR count). The van der Waals surface area contributed by atoms with E-state index < -0.39 is 10.0 Å². The first-order valence-electron chi connectivity index (χ1n) is 10.2. The molecule has 0 aliphatic carbocycles. The maximum absolute atomic E-state index is 13.1. The van der Waals surface area contributed by atoms with E-state index in [4.69, 9.17) is 0 Å². The Morgan fingerprint density at radius 1 is 1.17 bits per heavy atom. The zero-order chi connectivity index (χ0) is 21.3. The highest BCUT2D eigenvalue weighted by Gasteiger charge is 2.31. The summed E-state index contributed by atoms with van der Waals surface area (Å²) in [5.74, 6) is 0.0967. The van der Waals surface area contributed by atoms with Crippen LogP contribution in [0.1, 0.15) is 48.5 Å². The Kier molecular flexibility index (Phi) is 5.62. The third kappa shape index (κ3) is 3.97. The number of hydrogen-bond donors (Lipinski definition) is 2. The zero-order valence-electron chi connectivity index (χ0n) is 17.1. The summed E-state index contributed by atoms with van der Waals surface area (Å²) in [4.78, 5) is 19.8. The van der Waals surface area contributed by atoms with Crippen LogP contribution in [0.3, 0.4) is 0 Å². The van der Waals surface area contributed by atoms with Gasteiger partial charge in [0.25, 0.3) is 5.91 Å². The van der Waals surface area contributed by atoms with Gasteiger partial charge in [-0.05, 0) is 74.6 Å². The molecule has 0 bridgehead atoms. The lowest BCUT2D eigenvalue weighted by Crippen LogP contribution is -2.37. The number of sulfonamides is 1. The number of carbonyl (C=O) groups is 1. The smallest absolute Gasteiger partial charge is 0.251 e. The van der Waals surface area contributed by atoms with E-state index in [0.717, 1.165) is 23.9 Å². The molecule has 158 valence electrons. The van der Waals surface area contributed by atoms with E-state index in [1.165, 1.54) is 17.7 Å². The topological polar surface area (TPSA) is 95.2 Å². The number of fused-ring (bicyclic) bond motifs is 1. The molecule has 7 nitrogen and oxygen atoms in total. The Balaban J connectivity index is 1.45. The first-order chi connectivity index (χ1) is 14.4. The van der Waals surface area contributed by atoms with Gasteiger partial charge >= 0.3 is 0 Å². The summed E-state index contributed by atoms with van der Waals surface area (Å²) in [5.41, 5.74) is 2.52. The van der Waals surface area contributed by atoms with Crippen molar-refractivity contribution in [3.63, 3.8) is 0 Å². The van der Waals surface area contributed by atoms with Gasteiger partial charge in [-0.15, -0.1) is 0 Å². The SMILES string of the molecule is CC(C)NC(=O)c1ccc(S(=O)(=O)N2CCC(c3c[nH]c4ncccc34)CC2)cc1. The van der Waals surface area contributed by atoms with Crippen LogP contribution in [-0.4, -0.2) is 47.7 Å². The van der Waals surface area contributed by atoms with Crippen molar-refractivity contribution in [1.29, 1.82) is 0 Å². The Morgan fingerprint density at radius 2 is 1.87 bits per heavy atom. The molecule has 1 aliphatic rings. The van der Waals surface area contributed by atoms with E-state index in [-0.39, 0.29) is 16.8 Å². The monoisotopic (exact) mass is 426 g/mol. The third-order valence-corrected chi connectivity index (χ3v) is 7.46. The fourth-order valence-corrected chi connectivity index (χ4v) is 5.46. The average molecular weight is 427 g/mol. The quantitative estimate of drug-likeness (QED) is 0.655. The fourth-order valence-electron chi connectivity index (χ4n) is 3.99. The van der Waals surface area contributed by atoms with Crippen molar-refractivity contribution in [1.82, 2.24) is 19.6 Å². The summed E-state index contributed by atoms with van der Waals surface area (Å²) in [7, 11) is -3.58. The molecule has 2 aromatic heterocycles. The molecule has 1 saturated heterocycles. The Labute approximate surface area is 176 Å². The standard InChI is InChI=1S/C22H26N4O3S/c1-15(2)25-22(27)17-5-7-18(8-6-17)30(28,29)26-12-9-16(10-13-26)20-14-24-21-19(20)4-3-11-23-21/h3-8,11,14-16H,9-10,12-13H2,1-2H3,(H,23,24)(H,25,27). The van der Waals surface area contributed by atoms with Crippen molar-refractivity contribution in [2.75, 3.05) is 13.1 Å². The molecular weight excluding hydrogens is 400 g/mol. The zero-order valence-corrected chi connectivity index (χ0v) is 17.9. The number of aromatic nitrogens is 2. The minimum atomic E-state index is -3.58. The molecule has 2 N–H and O–H groups in total. The highest BCUT2D eigenvalue weighted by atomic mass is 32.2. The number of nitrogens with one attached hydrogen (secondary N) is 2. The third-order valence-electron chi connectivity index (χ3n) is 5.55. The lowest BCUT2D eigenvalue weighted by molar-refractivity contribution is 0.0943. The van der Waals surface area contributed by atoms with Crippen LogP contribution in [-0.2, 0) is 10.0 Å². The number of benzene rings is 1. The first kappa shape index (κ1) is 20.6. The fraction of sp³-hybridized carbons (Fsp3) is 0.364. The largest absolute Gasteiger partial charge is 0.350 e. The summed E-state index contributed by atoms with van der Waals surface area (Å²) in [6.45, 7) is 4.70. The van der Waals surface area contributed by atoms with Gasteiger partial charge in [-0.3, -0.25) is 4.79 Å². The van der Waals surface area contributed by atoms with Gasteiger partial charge in [0.1, 0.15) is 5.65 Å². The van der Waals surface area contributed by atoms with Crippen LogP contribution in [0, 0.1) is 0 Å². The molecule has 1 fully saturated rings. The van der Waals surface area contributed by atoms with E-state index in [9.17, 15) is 13.2 Å². The summed E-state index contributed by atoms with van der Waals surface area (Å²) in [6.07, 6.45) is 5.27. The maximum Gasteiger partial charge on any atom is 0.251 e. The highest BCUT2D eigenvalue weighted by molar-refractivity contribution is 7.89. The molecule has 1 aromatic carbocycles. The molecular formula is C22H26N4O3S. The summed E-state index contributed by atoms with van der Waals surface area (Å²) >= 11 is 0. The van der Waals surface area contributed by atoms with Crippen molar-refractivity contribution in [3.05, 3.63) is 59.9 Å². The number of amides is 1. The molecule has 0 saturated carbocycles. The number of nitrogens with zero attached hydrogens (tertiary/aromatic N) is 2. The number of rotatable bonds is 5. The predicted molar refractivity (Wildman–Crippen MR) is 116 cm³/mol. The Bertz CT molecular complexity index is 1140. The van der Waals surface area contributed by atoms with Crippen LogP contribution in [0.5, 0.6) is 0 Å². The molecule has 8 heteroatoms. The van der Waals surface area contributed by atoms with Gasteiger partial charge in [0, 0.05) is 42.5 Å². The number of hydrogen-bond acceptors (Lipinski definition) is 4. The maximum atomic E-state index is 13.1. The molecule has 3 heterocycles. The molecule has 0 unspecified atom stereocenters. The second-order valence-corrected chi connectivity index (χ2v) is 9.91. The van der Waals surface area contributed by atoms with Gasteiger partial charge in [-0.1, -0.05) is 0 Å². The Hall–Kier alpha value is -2.71. The van der Waals surface area contributed by atoms with Crippen LogP contribution in [0.15, 0.2) is 53.7 Å². The van der Waals surface area contributed by atoms with E-state index >= 15 is 0 Å². The molecule has 1 amide bonds. The van der Waals surface area contributed by atoms with Crippen molar-refractivity contribution in [2.45, 2.75) is 43.5 Å². The molecule has 0 atom stereocenters.